The fourth-order valence-corrected chi connectivity index (χ4v) is 2.34. The van der Waals surface area contributed by atoms with E-state index in [1.165, 1.54) is 0 Å². The molecule has 0 fully saturated rings. The van der Waals surface area contributed by atoms with Gasteiger partial charge in [-0.2, -0.15) is 0 Å². The highest BCUT2D eigenvalue weighted by atomic mass is 16.5. The number of anilines is 4. The van der Waals surface area contributed by atoms with Crippen LogP contribution in [0.15, 0.2) is 54.6 Å². The van der Waals surface area contributed by atoms with E-state index in [0.29, 0.717) is 17.5 Å². The van der Waals surface area contributed by atoms with E-state index in [0.717, 1.165) is 22.9 Å². The molecule has 1 aromatic heterocycles. The molecule has 0 spiro atoms. The fraction of sp³-hybridized carbons (Fsp3) is 0.158. The molecule has 6 heteroatoms. The molecule has 0 aliphatic carbocycles. The highest BCUT2D eigenvalue weighted by molar-refractivity contribution is 5.63. The van der Waals surface area contributed by atoms with Crippen molar-refractivity contribution in [2.75, 3.05) is 24.9 Å². The van der Waals surface area contributed by atoms with Crippen molar-refractivity contribution in [2.24, 2.45) is 0 Å². The van der Waals surface area contributed by atoms with Crippen LogP contribution in [0.5, 0.6) is 11.5 Å². The number of aryl methyl sites for hydroxylation is 1. The summed E-state index contributed by atoms with van der Waals surface area (Å²) in [6.07, 6.45) is 0. The molecule has 0 atom stereocenters. The summed E-state index contributed by atoms with van der Waals surface area (Å²) in [4.78, 5) is 8.85. The highest BCUT2D eigenvalue weighted by Gasteiger charge is 2.04. The van der Waals surface area contributed by atoms with E-state index in [4.69, 9.17) is 9.47 Å². The average Bonchev–Trinajstić information content (AvgIpc) is 2.62. The van der Waals surface area contributed by atoms with Crippen LogP contribution in [0.4, 0.5) is 23.0 Å². The second-order valence-electron chi connectivity index (χ2n) is 5.39. The predicted molar refractivity (Wildman–Crippen MR) is 99.3 cm³/mol. The molecule has 0 aliphatic rings. The molecule has 2 aromatic carbocycles. The smallest absolute Gasteiger partial charge is 0.136 e. The van der Waals surface area contributed by atoms with E-state index in [-0.39, 0.29) is 0 Å². The van der Waals surface area contributed by atoms with Crippen molar-refractivity contribution in [3.05, 3.63) is 60.4 Å². The lowest BCUT2D eigenvalue weighted by Crippen LogP contribution is -2.01. The van der Waals surface area contributed by atoms with Gasteiger partial charge in [-0.15, -0.1) is 0 Å². The zero-order valence-corrected chi connectivity index (χ0v) is 14.4. The van der Waals surface area contributed by atoms with Crippen LogP contribution in [0.2, 0.25) is 0 Å². The molecule has 6 nitrogen and oxygen atoms in total. The minimum absolute atomic E-state index is 0.675. The van der Waals surface area contributed by atoms with E-state index >= 15 is 0 Å². The number of nitrogens with one attached hydrogen (secondary N) is 2. The maximum atomic E-state index is 5.17. The minimum atomic E-state index is 0.675. The lowest BCUT2D eigenvalue weighted by atomic mass is 10.3. The predicted octanol–water partition coefficient (Wildman–Crippen LogP) is 4.29. The molecule has 1 heterocycles. The van der Waals surface area contributed by atoms with Crippen LogP contribution in [0.3, 0.4) is 0 Å². The lowest BCUT2D eigenvalue weighted by Gasteiger charge is -2.11. The Morgan fingerprint density at radius 1 is 0.680 bits per heavy atom. The zero-order chi connectivity index (χ0) is 17.6. The number of nitrogens with zero attached hydrogens (tertiary/aromatic N) is 2. The first-order valence-electron chi connectivity index (χ1n) is 7.84. The summed E-state index contributed by atoms with van der Waals surface area (Å²) in [6.45, 7) is 1.86. The zero-order valence-electron chi connectivity index (χ0n) is 14.4. The molecular weight excluding hydrogens is 316 g/mol. The number of rotatable bonds is 6. The van der Waals surface area contributed by atoms with Gasteiger partial charge in [0, 0.05) is 17.4 Å². The largest absolute Gasteiger partial charge is 0.497 e. The Balaban J connectivity index is 1.76. The molecule has 0 saturated carbocycles. The molecule has 2 N–H and O–H groups in total. The number of methoxy groups -OCH3 is 2. The molecule has 25 heavy (non-hydrogen) atoms. The number of benzene rings is 2. The number of hydrogen-bond acceptors (Lipinski definition) is 6. The Hall–Kier alpha value is -3.28. The maximum Gasteiger partial charge on any atom is 0.136 e. The number of ether oxygens (including phenoxy) is 2. The Morgan fingerprint density at radius 2 is 1.08 bits per heavy atom. The molecule has 0 aliphatic heterocycles. The van der Waals surface area contributed by atoms with E-state index < -0.39 is 0 Å². The van der Waals surface area contributed by atoms with Gasteiger partial charge in [0.15, 0.2) is 0 Å². The van der Waals surface area contributed by atoms with Gasteiger partial charge in [-0.3, -0.25) is 0 Å². The molecule has 0 bridgehead atoms. The third-order valence-corrected chi connectivity index (χ3v) is 3.56. The van der Waals surface area contributed by atoms with Gasteiger partial charge >= 0.3 is 0 Å². The SMILES string of the molecule is COc1ccc(Nc2cc(Nc3ccc(OC)cc3)nc(C)n2)cc1. The number of aromatic nitrogens is 2. The third-order valence-electron chi connectivity index (χ3n) is 3.56. The van der Waals surface area contributed by atoms with Crippen LogP contribution in [0.1, 0.15) is 5.82 Å². The average molecular weight is 336 g/mol. The molecule has 0 radical (unpaired) electrons. The van der Waals surface area contributed by atoms with Crippen molar-refractivity contribution >= 4 is 23.0 Å². The summed E-state index contributed by atoms with van der Waals surface area (Å²) >= 11 is 0. The lowest BCUT2D eigenvalue weighted by molar-refractivity contribution is 0.415. The first-order valence-corrected chi connectivity index (χ1v) is 7.84. The van der Waals surface area contributed by atoms with Gasteiger partial charge in [0.25, 0.3) is 0 Å². The molecule has 0 amide bonds. The summed E-state index contributed by atoms with van der Waals surface area (Å²) in [6, 6.07) is 17.2. The third kappa shape index (κ3) is 4.38. The molecule has 128 valence electrons. The van der Waals surface area contributed by atoms with Gasteiger partial charge in [-0.1, -0.05) is 0 Å². The first kappa shape index (κ1) is 16.6. The van der Waals surface area contributed by atoms with Crippen LogP contribution in [0.25, 0.3) is 0 Å². The Labute approximate surface area is 146 Å². The van der Waals surface area contributed by atoms with E-state index in [1.807, 2.05) is 61.5 Å². The summed E-state index contributed by atoms with van der Waals surface area (Å²) < 4.78 is 10.3. The summed E-state index contributed by atoms with van der Waals surface area (Å²) in [5, 5.41) is 6.55. The van der Waals surface area contributed by atoms with Gasteiger partial charge in [0.2, 0.25) is 0 Å². The highest BCUT2D eigenvalue weighted by Crippen LogP contribution is 2.23. The standard InChI is InChI=1S/C19H20N4O2/c1-13-20-18(22-14-4-8-16(24-2)9-5-14)12-19(21-13)23-15-6-10-17(25-3)11-7-15/h4-12H,1-3H3,(H2,20,21,22,23). The van der Waals surface area contributed by atoms with Crippen LogP contribution < -0.4 is 20.1 Å². The van der Waals surface area contributed by atoms with E-state index in [2.05, 4.69) is 20.6 Å². The van der Waals surface area contributed by atoms with Crippen molar-refractivity contribution in [1.82, 2.24) is 9.97 Å². The maximum absolute atomic E-state index is 5.17. The van der Waals surface area contributed by atoms with Crippen LogP contribution in [0, 0.1) is 6.92 Å². The van der Waals surface area contributed by atoms with Gasteiger partial charge < -0.3 is 20.1 Å². The first-order chi connectivity index (χ1) is 12.2. The molecule has 0 saturated heterocycles. The van der Waals surface area contributed by atoms with Crippen molar-refractivity contribution in [3.63, 3.8) is 0 Å². The minimum Gasteiger partial charge on any atom is -0.497 e. The molecule has 3 rings (SSSR count). The van der Waals surface area contributed by atoms with E-state index in [9.17, 15) is 0 Å². The summed E-state index contributed by atoms with van der Waals surface area (Å²) in [5.74, 6) is 3.73. The summed E-state index contributed by atoms with van der Waals surface area (Å²) in [7, 11) is 3.29. The monoisotopic (exact) mass is 336 g/mol. The summed E-state index contributed by atoms with van der Waals surface area (Å²) in [5.41, 5.74) is 1.85. The van der Waals surface area contributed by atoms with Gasteiger partial charge in [-0.05, 0) is 55.5 Å². The van der Waals surface area contributed by atoms with E-state index in [1.54, 1.807) is 14.2 Å². The Bertz CT molecular complexity index is 765. The Kier molecular flexibility index (Phi) is 4.99. The van der Waals surface area contributed by atoms with Crippen LogP contribution in [-0.4, -0.2) is 24.2 Å². The van der Waals surface area contributed by atoms with Crippen molar-refractivity contribution < 1.29 is 9.47 Å². The van der Waals surface area contributed by atoms with Crippen LogP contribution >= 0.6 is 0 Å². The molecule has 3 aromatic rings. The van der Waals surface area contributed by atoms with Crippen molar-refractivity contribution in [3.8, 4) is 11.5 Å². The molecular formula is C19H20N4O2. The van der Waals surface area contributed by atoms with Crippen molar-refractivity contribution in [1.29, 1.82) is 0 Å². The molecule has 0 unspecified atom stereocenters. The van der Waals surface area contributed by atoms with Gasteiger partial charge in [-0.25, -0.2) is 9.97 Å². The second-order valence-corrected chi connectivity index (χ2v) is 5.39. The fourth-order valence-electron chi connectivity index (χ4n) is 2.34. The Morgan fingerprint density at radius 3 is 1.44 bits per heavy atom. The van der Waals surface area contributed by atoms with Gasteiger partial charge in [0.1, 0.15) is 29.0 Å². The quantitative estimate of drug-likeness (QED) is 0.700. The topological polar surface area (TPSA) is 68.3 Å². The second kappa shape index (κ2) is 7.53. The number of hydrogen-bond donors (Lipinski definition) is 2. The van der Waals surface area contributed by atoms with Gasteiger partial charge in [0.05, 0.1) is 14.2 Å². The normalized spacial score (nSPS) is 10.2. The van der Waals surface area contributed by atoms with Crippen molar-refractivity contribution in [2.45, 2.75) is 6.92 Å². The van der Waals surface area contributed by atoms with Crippen LogP contribution in [-0.2, 0) is 0 Å².